The normalized spacial score (nSPS) is 15.3. The second-order valence-electron chi connectivity index (χ2n) is 9.76. The molecule has 0 fully saturated rings. The van der Waals surface area contributed by atoms with E-state index in [9.17, 15) is 14.7 Å². The number of carbonyl (C=O) groups is 2. The van der Waals surface area contributed by atoms with Gasteiger partial charge in [0.2, 0.25) is 0 Å². The highest BCUT2D eigenvalue weighted by Crippen LogP contribution is 2.44. The minimum absolute atomic E-state index is 0.00201. The lowest BCUT2D eigenvalue weighted by atomic mass is 9.95. The first kappa shape index (κ1) is 26.2. The summed E-state index contributed by atoms with van der Waals surface area (Å²) in [4.78, 5) is 33.3. The lowest BCUT2D eigenvalue weighted by molar-refractivity contribution is -0.117. The molecule has 202 valence electrons. The van der Waals surface area contributed by atoms with Crippen molar-refractivity contribution in [1.29, 1.82) is 0 Å². The molecular formula is C34H26N2O4S. The Kier molecular flexibility index (Phi) is 7.18. The summed E-state index contributed by atoms with van der Waals surface area (Å²) in [6.07, 6.45) is 3.06. The maximum absolute atomic E-state index is 13.6. The zero-order chi connectivity index (χ0) is 28.3. The quantitative estimate of drug-likeness (QED) is 0.201. The zero-order valence-electron chi connectivity index (χ0n) is 22.2. The van der Waals surface area contributed by atoms with Gasteiger partial charge in [0.25, 0.3) is 5.91 Å². The molecule has 0 spiro atoms. The van der Waals surface area contributed by atoms with Crippen LogP contribution in [0.5, 0.6) is 5.75 Å². The standard InChI is InChI=1S/C34H26N2O4S/c1-22-15-17-27-29(19-22)41-34(35-27)36-31(25-13-8-14-26(20-25)40-21-24-11-6-3-7-12-24)30(32(38)33(36)39)28(37)18-16-23-9-4-2-5-10-23/h2-20,31,38H,21H2,1H3/b18-16+. The third-order valence-corrected chi connectivity index (χ3v) is 7.88. The van der Waals surface area contributed by atoms with Crippen LogP contribution < -0.4 is 9.64 Å². The molecule has 1 unspecified atom stereocenters. The third-order valence-electron chi connectivity index (χ3n) is 6.86. The number of allylic oxidation sites excluding steroid dienone is 1. The maximum Gasteiger partial charge on any atom is 0.296 e. The molecule has 1 amide bonds. The summed E-state index contributed by atoms with van der Waals surface area (Å²) in [5.41, 5.74) is 4.28. The van der Waals surface area contributed by atoms with Crippen molar-refractivity contribution < 1.29 is 19.4 Å². The Hall–Kier alpha value is -5.01. The number of rotatable bonds is 8. The average molecular weight is 559 g/mol. The van der Waals surface area contributed by atoms with Gasteiger partial charge >= 0.3 is 0 Å². The van der Waals surface area contributed by atoms with Gasteiger partial charge in [-0.15, -0.1) is 0 Å². The molecular weight excluding hydrogens is 532 g/mol. The van der Waals surface area contributed by atoms with E-state index in [1.807, 2.05) is 104 Å². The van der Waals surface area contributed by atoms with Crippen molar-refractivity contribution in [2.75, 3.05) is 4.90 Å². The fraction of sp³-hybridized carbons (Fsp3) is 0.0882. The van der Waals surface area contributed by atoms with E-state index < -0.39 is 23.5 Å². The average Bonchev–Trinajstić information content (AvgIpc) is 3.53. The third kappa shape index (κ3) is 5.40. The number of aliphatic hydroxyl groups excluding tert-OH is 1. The molecule has 0 bridgehead atoms. The number of fused-ring (bicyclic) bond motifs is 1. The number of anilines is 1. The monoisotopic (exact) mass is 558 g/mol. The Morgan fingerprint density at radius 2 is 1.73 bits per heavy atom. The lowest BCUT2D eigenvalue weighted by Crippen LogP contribution is -2.30. The van der Waals surface area contributed by atoms with Gasteiger partial charge in [0.1, 0.15) is 12.4 Å². The van der Waals surface area contributed by atoms with Gasteiger partial charge in [-0.25, -0.2) is 4.98 Å². The van der Waals surface area contributed by atoms with Crippen LogP contribution in [0.15, 0.2) is 121 Å². The summed E-state index contributed by atoms with van der Waals surface area (Å²) in [7, 11) is 0. The van der Waals surface area contributed by atoms with E-state index in [2.05, 4.69) is 0 Å². The number of ketones is 1. The molecule has 2 heterocycles. The van der Waals surface area contributed by atoms with E-state index in [1.165, 1.54) is 22.3 Å². The Morgan fingerprint density at radius 3 is 2.51 bits per heavy atom. The number of nitrogens with zero attached hydrogens (tertiary/aromatic N) is 2. The molecule has 7 heteroatoms. The number of aromatic nitrogens is 1. The van der Waals surface area contributed by atoms with E-state index >= 15 is 0 Å². The number of carbonyl (C=O) groups excluding carboxylic acids is 2. The van der Waals surface area contributed by atoms with Crippen LogP contribution in [0.1, 0.15) is 28.3 Å². The Labute approximate surface area is 241 Å². The van der Waals surface area contributed by atoms with E-state index in [4.69, 9.17) is 9.72 Å². The summed E-state index contributed by atoms with van der Waals surface area (Å²) in [5, 5.41) is 11.5. The van der Waals surface area contributed by atoms with Crippen LogP contribution in [0.3, 0.4) is 0 Å². The van der Waals surface area contributed by atoms with Crippen molar-refractivity contribution in [3.63, 3.8) is 0 Å². The summed E-state index contributed by atoms with van der Waals surface area (Å²) in [5.74, 6) is -1.13. The number of thiazole rings is 1. The van der Waals surface area contributed by atoms with Crippen LogP contribution in [0.25, 0.3) is 16.3 Å². The summed E-state index contributed by atoms with van der Waals surface area (Å²) in [6.45, 7) is 2.36. The van der Waals surface area contributed by atoms with E-state index in [1.54, 1.807) is 12.1 Å². The van der Waals surface area contributed by atoms with Gasteiger partial charge in [-0.1, -0.05) is 96.3 Å². The second-order valence-corrected chi connectivity index (χ2v) is 10.8. The Morgan fingerprint density at radius 1 is 0.976 bits per heavy atom. The van der Waals surface area contributed by atoms with Crippen LogP contribution in [0.2, 0.25) is 0 Å². The van der Waals surface area contributed by atoms with Gasteiger partial charge in [-0.05, 0) is 59.5 Å². The number of benzene rings is 4. The molecule has 4 aromatic carbocycles. The molecule has 0 aliphatic carbocycles. The van der Waals surface area contributed by atoms with Gasteiger partial charge in [-0.3, -0.25) is 14.5 Å². The molecule has 1 aliphatic rings. The van der Waals surface area contributed by atoms with Crippen molar-refractivity contribution in [2.45, 2.75) is 19.6 Å². The highest BCUT2D eigenvalue weighted by molar-refractivity contribution is 7.22. The largest absolute Gasteiger partial charge is 0.503 e. The van der Waals surface area contributed by atoms with Crippen LogP contribution in [-0.4, -0.2) is 21.8 Å². The van der Waals surface area contributed by atoms with E-state index in [-0.39, 0.29) is 5.57 Å². The lowest BCUT2D eigenvalue weighted by Gasteiger charge is -2.24. The minimum Gasteiger partial charge on any atom is -0.503 e. The van der Waals surface area contributed by atoms with Gasteiger partial charge < -0.3 is 9.84 Å². The molecule has 1 N–H and O–H groups in total. The van der Waals surface area contributed by atoms with Crippen molar-refractivity contribution in [3.8, 4) is 5.75 Å². The van der Waals surface area contributed by atoms with Crippen molar-refractivity contribution in [2.24, 2.45) is 0 Å². The van der Waals surface area contributed by atoms with Crippen LogP contribution in [0.4, 0.5) is 5.13 Å². The zero-order valence-corrected chi connectivity index (χ0v) is 23.0. The van der Waals surface area contributed by atoms with E-state index in [0.717, 1.165) is 26.9 Å². The molecule has 0 saturated heterocycles. The predicted molar refractivity (Wildman–Crippen MR) is 162 cm³/mol. The summed E-state index contributed by atoms with van der Waals surface area (Å²) < 4.78 is 6.97. The molecule has 1 atom stereocenters. The maximum atomic E-state index is 13.6. The van der Waals surface area contributed by atoms with Gasteiger partial charge in [0.15, 0.2) is 16.7 Å². The molecule has 0 saturated carbocycles. The second kappa shape index (κ2) is 11.2. The number of aryl methyl sites for hydroxylation is 1. The van der Waals surface area contributed by atoms with Gasteiger partial charge in [0, 0.05) is 0 Å². The molecule has 1 aromatic heterocycles. The first-order valence-corrected chi connectivity index (χ1v) is 14.0. The first-order valence-electron chi connectivity index (χ1n) is 13.2. The number of aliphatic hydroxyl groups is 1. The minimum atomic E-state index is -0.891. The number of hydrogen-bond acceptors (Lipinski definition) is 6. The number of hydrogen-bond donors (Lipinski definition) is 1. The Balaban J connectivity index is 1.40. The number of amides is 1. The smallest absolute Gasteiger partial charge is 0.296 e. The van der Waals surface area contributed by atoms with E-state index in [0.29, 0.717) is 23.1 Å². The van der Waals surface area contributed by atoms with Crippen molar-refractivity contribution in [3.05, 3.63) is 143 Å². The SMILES string of the molecule is Cc1ccc2nc(N3C(=O)C(O)=C(C(=O)/C=C/c4ccccc4)C3c3cccc(OCc4ccccc4)c3)sc2c1. The molecule has 0 radical (unpaired) electrons. The number of ether oxygens (including phenoxy) is 1. The Bertz CT molecular complexity index is 1810. The van der Waals surface area contributed by atoms with Crippen molar-refractivity contribution >= 4 is 44.5 Å². The predicted octanol–water partition coefficient (Wildman–Crippen LogP) is 7.37. The fourth-order valence-electron chi connectivity index (χ4n) is 4.83. The highest BCUT2D eigenvalue weighted by atomic mass is 32.1. The van der Waals surface area contributed by atoms with Crippen molar-refractivity contribution in [1.82, 2.24) is 4.98 Å². The highest BCUT2D eigenvalue weighted by Gasteiger charge is 2.45. The molecule has 41 heavy (non-hydrogen) atoms. The molecule has 5 aromatic rings. The topological polar surface area (TPSA) is 79.7 Å². The first-order chi connectivity index (χ1) is 20.0. The molecule has 1 aliphatic heterocycles. The van der Waals surface area contributed by atoms with Gasteiger partial charge in [0.05, 0.1) is 21.8 Å². The van der Waals surface area contributed by atoms with Crippen LogP contribution in [-0.2, 0) is 16.2 Å². The summed E-state index contributed by atoms with van der Waals surface area (Å²) >= 11 is 1.34. The van der Waals surface area contributed by atoms with Crippen LogP contribution in [0, 0.1) is 6.92 Å². The molecule has 6 nitrogen and oxygen atoms in total. The van der Waals surface area contributed by atoms with Crippen LogP contribution >= 0.6 is 11.3 Å². The molecule has 6 rings (SSSR count). The van der Waals surface area contributed by atoms with Gasteiger partial charge in [-0.2, -0.15) is 0 Å². The summed E-state index contributed by atoms with van der Waals surface area (Å²) in [6, 6.07) is 31.4. The fourth-order valence-corrected chi connectivity index (χ4v) is 5.92.